The van der Waals surface area contributed by atoms with Crippen molar-refractivity contribution in [2.24, 2.45) is 5.73 Å². The van der Waals surface area contributed by atoms with Crippen molar-refractivity contribution < 1.29 is 23.9 Å². The molecule has 0 atom stereocenters. The minimum absolute atomic E-state index is 0.0990. The van der Waals surface area contributed by atoms with Gasteiger partial charge in [0.25, 0.3) is 0 Å². The van der Waals surface area contributed by atoms with E-state index in [9.17, 15) is 14.4 Å². The molecule has 0 aliphatic heterocycles. The van der Waals surface area contributed by atoms with Gasteiger partial charge >= 0.3 is 6.16 Å². The van der Waals surface area contributed by atoms with E-state index in [-0.39, 0.29) is 18.0 Å². The van der Waals surface area contributed by atoms with E-state index in [1.54, 1.807) is 6.08 Å². The van der Waals surface area contributed by atoms with Gasteiger partial charge in [-0.15, -0.1) is 0 Å². The van der Waals surface area contributed by atoms with Crippen LogP contribution in [0.2, 0.25) is 0 Å². The van der Waals surface area contributed by atoms with Gasteiger partial charge in [0.2, 0.25) is 5.91 Å². The smallest absolute Gasteiger partial charge is 0.437 e. The molecule has 0 saturated carbocycles. The molecule has 0 spiro atoms. The van der Waals surface area contributed by atoms with Crippen molar-refractivity contribution in [1.82, 2.24) is 0 Å². The molecular weight excluding hydrogens is 286 g/mol. The summed E-state index contributed by atoms with van der Waals surface area (Å²) in [6.07, 6.45) is 6.10. The summed E-state index contributed by atoms with van der Waals surface area (Å²) in [5, 5.41) is 0. The first-order valence-corrected chi connectivity index (χ1v) is 6.94. The highest BCUT2D eigenvalue weighted by atomic mass is 16.7. The van der Waals surface area contributed by atoms with Gasteiger partial charge in [-0.2, -0.15) is 0 Å². The Labute approximate surface area is 130 Å². The number of ketones is 1. The van der Waals surface area contributed by atoms with Gasteiger partial charge in [-0.05, 0) is 38.3 Å². The lowest BCUT2D eigenvalue weighted by atomic mass is 10.0. The predicted octanol–water partition coefficient (Wildman–Crippen LogP) is 2.79. The summed E-state index contributed by atoms with van der Waals surface area (Å²) in [6.45, 7) is 5.07. The second kappa shape index (κ2) is 11.3. The van der Waals surface area contributed by atoms with E-state index < -0.39 is 12.1 Å². The molecule has 122 valence electrons. The number of rotatable bonds is 10. The van der Waals surface area contributed by atoms with Crippen LogP contribution in [0.1, 0.15) is 39.0 Å². The van der Waals surface area contributed by atoms with Crippen molar-refractivity contribution in [3.63, 3.8) is 0 Å². The van der Waals surface area contributed by atoms with E-state index in [1.165, 1.54) is 26.2 Å². The molecule has 0 unspecified atom stereocenters. The molecular formula is C16H23NO5. The van der Waals surface area contributed by atoms with Gasteiger partial charge in [0.1, 0.15) is 11.5 Å². The fourth-order valence-electron chi connectivity index (χ4n) is 1.68. The lowest BCUT2D eigenvalue weighted by Gasteiger charge is -2.08. The molecule has 0 aliphatic rings. The Morgan fingerprint density at radius 3 is 2.32 bits per heavy atom. The topological polar surface area (TPSA) is 95.7 Å². The zero-order valence-electron chi connectivity index (χ0n) is 13.1. The Bertz CT molecular complexity index is 477. The van der Waals surface area contributed by atoms with Crippen molar-refractivity contribution in [1.29, 1.82) is 0 Å². The fraction of sp³-hybridized carbons (Fsp3) is 0.438. The van der Waals surface area contributed by atoms with Crippen LogP contribution in [0, 0.1) is 0 Å². The summed E-state index contributed by atoms with van der Waals surface area (Å²) in [4.78, 5) is 33.1. The highest BCUT2D eigenvalue weighted by Gasteiger charge is 2.08. The van der Waals surface area contributed by atoms with Gasteiger partial charge in [-0.3, -0.25) is 4.79 Å². The van der Waals surface area contributed by atoms with Crippen molar-refractivity contribution in [3.8, 4) is 0 Å². The van der Waals surface area contributed by atoms with Crippen LogP contribution < -0.4 is 5.73 Å². The number of Topliss-reactive ketones (excluding diaryl/α,β-unsaturated/α-hetero) is 1. The number of allylic oxidation sites excluding steroid dienone is 4. The first-order chi connectivity index (χ1) is 10.4. The Hall–Kier alpha value is -2.37. The van der Waals surface area contributed by atoms with Crippen LogP contribution in [0.15, 0.2) is 36.1 Å². The summed E-state index contributed by atoms with van der Waals surface area (Å²) in [5.41, 5.74) is 6.01. The van der Waals surface area contributed by atoms with Crippen LogP contribution >= 0.6 is 0 Å². The molecule has 0 rings (SSSR count). The van der Waals surface area contributed by atoms with Crippen LogP contribution in [0.25, 0.3) is 0 Å². The maximum absolute atomic E-state index is 11.2. The van der Waals surface area contributed by atoms with Gasteiger partial charge in [0.15, 0.2) is 0 Å². The number of methoxy groups -OCH3 is 1. The SMILES string of the molecule is C=C/C=C(\C=C(\CCCC(C)=O)CCC(N)=O)OC(=O)OC. The molecule has 0 aromatic heterocycles. The molecule has 0 aliphatic carbocycles. The van der Waals surface area contributed by atoms with E-state index >= 15 is 0 Å². The zero-order valence-corrected chi connectivity index (χ0v) is 13.1. The van der Waals surface area contributed by atoms with E-state index in [0.717, 1.165) is 5.57 Å². The number of nitrogens with two attached hydrogens (primary N) is 1. The normalized spacial score (nSPS) is 11.7. The highest BCUT2D eigenvalue weighted by molar-refractivity contribution is 5.75. The van der Waals surface area contributed by atoms with E-state index in [0.29, 0.717) is 25.7 Å². The van der Waals surface area contributed by atoms with Crippen LogP contribution in [-0.2, 0) is 19.1 Å². The number of hydrogen-bond acceptors (Lipinski definition) is 5. The maximum atomic E-state index is 11.2. The number of ether oxygens (including phenoxy) is 2. The van der Waals surface area contributed by atoms with E-state index in [2.05, 4.69) is 11.3 Å². The molecule has 0 radical (unpaired) electrons. The van der Waals surface area contributed by atoms with E-state index in [1.807, 2.05) is 0 Å². The standard InChI is InChI=1S/C16H23NO5/c1-4-6-14(22-16(20)21-3)11-13(9-10-15(17)19)8-5-7-12(2)18/h4,6,11H,1,5,7-10H2,2-3H3,(H2,17,19)/b13-11-,14-6+. The maximum Gasteiger partial charge on any atom is 0.513 e. The molecule has 0 saturated heterocycles. The number of amides is 1. The summed E-state index contributed by atoms with van der Waals surface area (Å²) in [7, 11) is 1.21. The average molecular weight is 309 g/mol. The second-order valence-electron chi connectivity index (χ2n) is 4.69. The molecule has 0 heterocycles. The minimum Gasteiger partial charge on any atom is -0.437 e. The number of carbonyl (C=O) groups is 3. The Balaban J connectivity index is 4.99. The third-order valence-electron chi connectivity index (χ3n) is 2.72. The van der Waals surface area contributed by atoms with Gasteiger partial charge in [0, 0.05) is 12.8 Å². The third-order valence-corrected chi connectivity index (χ3v) is 2.72. The molecule has 2 N–H and O–H groups in total. The largest absolute Gasteiger partial charge is 0.513 e. The fourth-order valence-corrected chi connectivity index (χ4v) is 1.68. The van der Waals surface area contributed by atoms with Gasteiger partial charge in [-0.25, -0.2) is 4.79 Å². The zero-order chi connectivity index (χ0) is 17.0. The molecule has 22 heavy (non-hydrogen) atoms. The summed E-state index contributed by atoms with van der Waals surface area (Å²) < 4.78 is 9.41. The number of primary amides is 1. The van der Waals surface area contributed by atoms with Crippen LogP contribution in [0.5, 0.6) is 0 Å². The molecule has 0 aromatic rings. The van der Waals surface area contributed by atoms with Crippen molar-refractivity contribution >= 4 is 17.8 Å². The van der Waals surface area contributed by atoms with Gasteiger partial charge in [0.05, 0.1) is 7.11 Å². The minimum atomic E-state index is -0.845. The summed E-state index contributed by atoms with van der Waals surface area (Å²) >= 11 is 0. The summed E-state index contributed by atoms with van der Waals surface area (Å²) in [5.74, 6) is -0.0633. The molecule has 0 bridgehead atoms. The summed E-state index contributed by atoms with van der Waals surface area (Å²) in [6, 6.07) is 0. The van der Waals surface area contributed by atoms with Crippen molar-refractivity contribution in [3.05, 3.63) is 36.1 Å². The predicted molar refractivity (Wildman–Crippen MR) is 82.8 cm³/mol. The van der Waals surface area contributed by atoms with Gasteiger partial charge < -0.3 is 20.0 Å². The Morgan fingerprint density at radius 1 is 1.14 bits per heavy atom. The van der Waals surface area contributed by atoms with E-state index in [4.69, 9.17) is 10.5 Å². The van der Waals surface area contributed by atoms with Gasteiger partial charge in [-0.1, -0.05) is 18.2 Å². The monoisotopic (exact) mass is 309 g/mol. The van der Waals surface area contributed by atoms with Crippen LogP contribution in [-0.4, -0.2) is 25.0 Å². The molecule has 0 aromatic carbocycles. The average Bonchev–Trinajstić information content (AvgIpc) is 2.44. The molecule has 1 amide bonds. The third kappa shape index (κ3) is 10.4. The Morgan fingerprint density at radius 2 is 1.82 bits per heavy atom. The molecule has 0 fully saturated rings. The lowest BCUT2D eigenvalue weighted by Crippen LogP contribution is -2.10. The first kappa shape index (κ1) is 19.6. The highest BCUT2D eigenvalue weighted by Crippen LogP contribution is 2.17. The Kier molecular flexibility index (Phi) is 10.1. The van der Waals surface area contributed by atoms with Crippen molar-refractivity contribution in [2.45, 2.75) is 39.0 Å². The lowest BCUT2D eigenvalue weighted by molar-refractivity contribution is -0.118. The first-order valence-electron chi connectivity index (χ1n) is 6.94. The molecule has 6 heteroatoms. The number of carbonyl (C=O) groups excluding carboxylic acids is 3. The number of hydrogen-bond donors (Lipinski definition) is 1. The van der Waals surface area contributed by atoms with Crippen LogP contribution in [0.4, 0.5) is 4.79 Å². The van der Waals surface area contributed by atoms with Crippen molar-refractivity contribution in [2.75, 3.05) is 7.11 Å². The molecule has 6 nitrogen and oxygen atoms in total. The van der Waals surface area contributed by atoms with Crippen LogP contribution in [0.3, 0.4) is 0 Å². The second-order valence-corrected chi connectivity index (χ2v) is 4.69. The quantitative estimate of drug-likeness (QED) is 0.380.